The summed E-state index contributed by atoms with van der Waals surface area (Å²) >= 11 is 0. The van der Waals surface area contributed by atoms with Crippen LogP contribution in [-0.4, -0.2) is 78.5 Å². The fourth-order valence-electron chi connectivity index (χ4n) is 4.05. The Kier molecular flexibility index (Phi) is 7.85. The van der Waals surface area contributed by atoms with Crippen LogP contribution in [-0.2, 0) is 20.9 Å². The number of ether oxygens (including phenoxy) is 2. The number of aliphatic hydroxyl groups is 3. The third kappa shape index (κ3) is 5.33. The van der Waals surface area contributed by atoms with E-state index in [1.807, 2.05) is 0 Å². The molecule has 1 aromatic heterocycles. The molecule has 1 saturated heterocycles. The Morgan fingerprint density at radius 2 is 1.76 bits per heavy atom. The zero-order chi connectivity index (χ0) is 26.9. The fraction of sp³-hybridized carbons (Fsp3) is 0.348. The SMILES string of the molecule is O=C(O)[C@@H](OCc1ccccc1F)[C@@H]1OC(CO)[C@H](O)C(n2cc(-c3cc(F)c(F)c(F)c3)nn2)C1O. The van der Waals surface area contributed by atoms with Crippen molar-refractivity contribution < 1.29 is 52.3 Å². The third-order valence-electron chi connectivity index (χ3n) is 5.94. The molecule has 3 aromatic rings. The van der Waals surface area contributed by atoms with E-state index in [1.54, 1.807) is 0 Å². The number of carboxylic acid groups (broad SMARTS) is 1. The second-order valence-corrected chi connectivity index (χ2v) is 8.29. The number of carbonyl (C=O) groups is 1. The number of hydrogen-bond acceptors (Lipinski definition) is 8. The molecule has 1 aliphatic heterocycles. The van der Waals surface area contributed by atoms with Crippen molar-refractivity contribution in [1.29, 1.82) is 0 Å². The topological polar surface area (TPSA) is 147 Å². The van der Waals surface area contributed by atoms with Crippen LogP contribution in [0.5, 0.6) is 0 Å². The molecule has 0 saturated carbocycles. The van der Waals surface area contributed by atoms with Gasteiger partial charge in [-0.3, -0.25) is 0 Å². The molecule has 4 N–H and O–H groups in total. The average molecular weight is 527 g/mol. The Hall–Kier alpha value is -3.43. The highest BCUT2D eigenvalue weighted by atomic mass is 19.2. The average Bonchev–Trinajstić information content (AvgIpc) is 3.34. The van der Waals surface area contributed by atoms with Gasteiger partial charge in [-0.25, -0.2) is 27.0 Å². The van der Waals surface area contributed by atoms with Gasteiger partial charge in [-0.2, -0.15) is 0 Å². The highest BCUT2D eigenvalue weighted by Gasteiger charge is 2.50. The van der Waals surface area contributed by atoms with Crippen LogP contribution in [0.3, 0.4) is 0 Å². The van der Waals surface area contributed by atoms with Crippen molar-refractivity contribution in [1.82, 2.24) is 15.0 Å². The molecule has 14 heteroatoms. The lowest BCUT2D eigenvalue weighted by Crippen LogP contribution is -2.60. The molecule has 10 nitrogen and oxygen atoms in total. The number of rotatable bonds is 8. The van der Waals surface area contributed by atoms with Crippen molar-refractivity contribution in [2.45, 2.75) is 43.2 Å². The first-order valence-electron chi connectivity index (χ1n) is 10.9. The number of aliphatic hydroxyl groups excluding tert-OH is 3. The van der Waals surface area contributed by atoms with Gasteiger partial charge in [-0.05, 0) is 18.2 Å². The van der Waals surface area contributed by atoms with Crippen molar-refractivity contribution in [2.75, 3.05) is 6.61 Å². The van der Waals surface area contributed by atoms with Gasteiger partial charge in [0, 0.05) is 11.1 Å². The van der Waals surface area contributed by atoms with Crippen molar-refractivity contribution in [2.24, 2.45) is 0 Å². The summed E-state index contributed by atoms with van der Waals surface area (Å²) in [5.74, 6) is -6.87. The maximum absolute atomic E-state index is 14.0. The van der Waals surface area contributed by atoms with E-state index < -0.39 is 79.0 Å². The summed E-state index contributed by atoms with van der Waals surface area (Å²) in [5.41, 5.74) is -0.328. The van der Waals surface area contributed by atoms with Gasteiger partial charge >= 0.3 is 5.97 Å². The summed E-state index contributed by atoms with van der Waals surface area (Å²) in [6.07, 6.45) is -7.35. The Bertz CT molecular complexity index is 1250. The van der Waals surface area contributed by atoms with E-state index in [1.165, 1.54) is 18.2 Å². The molecule has 0 aliphatic carbocycles. The summed E-state index contributed by atoms with van der Waals surface area (Å²) in [4.78, 5) is 12.0. The first-order chi connectivity index (χ1) is 17.6. The van der Waals surface area contributed by atoms with Gasteiger partial charge in [0.2, 0.25) is 0 Å². The molecular formula is C23H21F4N3O7. The monoisotopic (exact) mass is 527 g/mol. The molecule has 6 atom stereocenters. The van der Waals surface area contributed by atoms with Crippen LogP contribution in [0.1, 0.15) is 11.6 Å². The summed E-state index contributed by atoms with van der Waals surface area (Å²) in [6.45, 7) is -1.29. The zero-order valence-corrected chi connectivity index (χ0v) is 18.8. The van der Waals surface area contributed by atoms with Crippen molar-refractivity contribution in [3.05, 3.63) is 71.4 Å². The maximum atomic E-state index is 14.0. The van der Waals surface area contributed by atoms with Crippen LogP contribution in [0.15, 0.2) is 42.6 Å². The van der Waals surface area contributed by atoms with E-state index in [-0.39, 0.29) is 16.8 Å². The van der Waals surface area contributed by atoms with E-state index in [0.29, 0.717) is 12.1 Å². The molecule has 198 valence electrons. The number of benzene rings is 2. The molecule has 2 aromatic carbocycles. The van der Waals surface area contributed by atoms with E-state index >= 15 is 0 Å². The molecule has 0 radical (unpaired) electrons. The summed E-state index contributed by atoms with van der Waals surface area (Å²) in [6, 6.07) is 5.33. The van der Waals surface area contributed by atoms with Crippen molar-refractivity contribution in [3.63, 3.8) is 0 Å². The Balaban J connectivity index is 1.63. The molecule has 4 rings (SSSR count). The summed E-state index contributed by atoms with van der Waals surface area (Å²) in [7, 11) is 0. The predicted molar refractivity (Wildman–Crippen MR) is 115 cm³/mol. The van der Waals surface area contributed by atoms with Gasteiger partial charge in [-0.1, -0.05) is 23.4 Å². The minimum atomic E-state index is -1.87. The molecule has 1 aliphatic rings. The minimum Gasteiger partial charge on any atom is -0.479 e. The van der Waals surface area contributed by atoms with Crippen LogP contribution < -0.4 is 0 Å². The van der Waals surface area contributed by atoms with Crippen LogP contribution >= 0.6 is 0 Å². The second-order valence-electron chi connectivity index (χ2n) is 8.29. The van der Waals surface area contributed by atoms with Gasteiger partial charge in [0.05, 0.1) is 19.4 Å². The van der Waals surface area contributed by atoms with Crippen molar-refractivity contribution in [3.8, 4) is 11.3 Å². The van der Waals surface area contributed by atoms with E-state index in [0.717, 1.165) is 16.9 Å². The second kappa shape index (κ2) is 10.9. The third-order valence-corrected chi connectivity index (χ3v) is 5.94. The smallest absolute Gasteiger partial charge is 0.335 e. The normalized spacial score (nSPS) is 24.7. The van der Waals surface area contributed by atoms with Gasteiger partial charge in [-0.15, -0.1) is 5.10 Å². The molecular weight excluding hydrogens is 506 g/mol. The number of halogens is 4. The fourth-order valence-corrected chi connectivity index (χ4v) is 4.05. The molecule has 37 heavy (non-hydrogen) atoms. The summed E-state index contributed by atoms with van der Waals surface area (Å²) < 4.78 is 66.3. The van der Waals surface area contributed by atoms with E-state index in [9.17, 15) is 42.8 Å². The molecule has 2 heterocycles. The van der Waals surface area contributed by atoms with Crippen molar-refractivity contribution >= 4 is 5.97 Å². The summed E-state index contributed by atoms with van der Waals surface area (Å²) in [5, 5.41) is 48.6. The lowest BCUT2D eigenvalue weighted by Gasteiger charge is -2.43. The molecule has 1 fully saturated rings. The number of aromatic nitrogens is 3. The minimum absolute atomic E-state index is 0.0361. The Morgan fingerprint density at radius 1 is 1.08 bits per heavy atom. The first-order valence-corrected chi connectivity index (χ1v) is 10.9. The van der Waals surface area contributed by atoms with E-state index in [4.69, 9.17) is 9.47 Å². The Morgan fingerprint density at radius 3 is 2.38 bits per heavy atom. The highest BCUT2D eigenvalue weighted by Crippen LogP contribution is 2.33. The van der Waals surface area contributed by atoms with Gasteiger partial charge in [0.25, 0.3) is 0 Å². The number of carboxylic acids is 1. The van der Waals surface area contributed by atoms with Gasteiger partial charge in [0.15, 0.2) is 23.6 Å². The number of nitrogens with zero attached hydrogens (tertiary/aromatic N) is 3. The molecule has 0 amide bonds. The predicted octanol–water partition coefficient (Wildman–Crippen LogP) is 1.19. The van der Waals surface area contributed by atoms with E-state index in [2.05, 4.69) is 10.3 Å². The maximum Gasteiger partial charge on any atom is 0.335 e. The van der Waals surface area contributed by atoms with Crippen LogP contribution in [0.4, 0.5) is 17.6 Å². The number of hydrogen-bond donors (Lipinski definition) is 4. The first kappa shape index (κ1) is 26.6. The molecule has 3 unspecified atom stereocenters. The molecule has 0 bridgehead atoms. The highest BCUT2D eigenvalue weighted by molar-refractivity contribution is 5.73. The van der Waals surface area contributed by atoms with Crippen LogP contribution in [0.2, 0.25) is 0 Å². The van der Waals surface area contributed by atoms with Gasteiger partial charge in [0.1, 0.15) is 42.0 Å². The van der Waals surface area contributed by atoms with Gasteiger partial charge < -0.3 is 29.9 Å². The van der Waals surface area contributed by atoms with Crippen LogP contribution in [0.25, 0.3) is 11.3 Å². The number of aliphatic carboxylic acids is 1. The molecule has 0 spiro atoms. The standard InChI is InChI=1S/C23H21F4N3O7/c24-12-4-2-1-3-10(12)9-36-22(23(34)35)21-20(33)18(19(32)16(8-31)37-21)30-7-15(28-29-30)11-5-13(25)17(27)14(26)6-11/h1-7,16,18-22,31-33H,8-9H2,(H,34,35)/t16?,18?,19-,20?,21+,22-/m0/s1. The Labute approximate surface area is 206 Å². The quantitative estimate of drug-likeness (QED) is 0.251. The lowest BCUT2D eigenvalue weighted by molar-refractivity contribution is -0.239. The zero-order valence-electron chi connectivity index (χ0n) is 18.8. The lowest BCUT2D eigenvalue weighted by atomic mass is 9.90. The van der Waals surface area contributed by atoms with Crippen LogP contribution in [0, 0.1) is 23.3 Å². The largest absolute Gasteiger partial charge is 0.479 e.